The standard InChI is InChI=1S/C28H34F2N6O2/c1-3-35(4-2)18-21-7-5-9-23(15-21)32-27-31-17-25(30)26(34-27)38-19-20-11-13-36(14-12-20)28(37)33-24-10-6-8-22(29)16-24/h5-10,15-17,20H,3-4,11-14,18-19H2,1-2H3,(H,33,37)(H,31,32,34). The number of carbonyl (C=O) groups excluding carboxylic acids is 1. The van der Waals surface area contributed by atoms with E-state index >= 15 is 0 Å². The second-order valence-electron chi connectivity index (χ2n) is 9.32. The van der Waals surface area contributed by atoms with Crippen LogP contribution < -0.4 is 15.4 Å². The smallest absolute Gasteiger partial charge is 0.321 e. The fraction of sp³-hybridized carbons (Fsp3) is 0.393. The first-order valence-electron chi connectivity index (χ1n) is 13.0. The first-order chi connectivity index (χ1) is 18.4. The number of anilines is 3. The third-order valence-electron chi connectivity index (χ3n) is 6.63. The molecule has 2 N–H and O–H groups in total. The van der Waals surface area contributed by atoms with Crippen molar-refractivity contribution in [2.45, 2.75) is 33.2 Å². The van der Waals surface area contributed by atoms with Crippen LogP contribution in [0.15, 0.2) is 54.7 Å². The van der Waals surface area contributed by atoms with Crippen LogP contribution in [0, 0.1) is 17.6 Å². The van der Waals surface area contributed by atoms with Crippen LogP contribution in [0.1, 0.15) is 32.3 Å². The number of ether oxygens (including phenoxy) is 1. The van der Waals surface area contributed by atoms with Gasteiger partial charge in [-0.2, -0.15) is 9.37 Å². The average molecular weight is 525 g/mol. The number of piperidine rings is 1. The van der Waals surface area contributed by atoms with E-state index in [2.05, 4.69) is 45.4 Å². The number of urea groups is 1. The molecule has 0 spiro atoms. The maximum absolute atomic E-state index is 14.4. The number of benzene rings is 2. The molecule has 2 amide bonds. The SMILES string of the molecule is CCN(CC)Cc1cccc(Nc2ncc(F)c(OCC3CCN(C(=O)Nc4cccc(F)c4)CC3)n2)c1. The first kappa shape index (κ1) is 27.3. The number of hydrogen-bond donors (Lipinski definition) is 2. The second kappa shape index (κ2) is 13.1. The molecule has 4 rings (SSSR count). The lowest BCUT2D eigenvalue weighted by atomic mass is 9.98. The van der Waals surface area contributed by atoms with Crippen LogP contribution in [-0.2, 0) is 6.54 Å². The maximum atomic E-state index is 14.4. The Labute approximate surface area is 222 Å². The average Bonchev–Trinajstić information content (AvgIpc) is 2.92. The minimum absolute atomic E-state index is 0.104. The summed E-state index contributed by atoms with van der Waals surface area (Å²) in [5.74, 6) is -0.732. The molecule has 1 fully saturated rings. The van der Waals surface area contributed by atoms with Gasteiger partial charge in [0.1, 0.15) is 5.82 Å². The molecule has 0 unspecified atom stereocenters. The summed E-state index contributed by atoms with van der Waals surface area (Å²) < 4.78 is 33.5. The minimum atomic E-state index is -0.627. The summed E-state index contributed by atoms with van der Waals surface area (Å²) in [5, 5.41) is 5.86. The highest BCUT2D eigenvalue weighted by molar-refractivity contribution is 5.89. The molecule has 0 radical (unpaired) electrons. The van der Waals surface area contributed by atoms with Gasteiger partial charge < -0.3 is 20.3 Å². The van der Waals surface area contributed by atoms with Gasteiger partial charge >= 0.3 is 6.03 Å². The van der Waals surface area contributed by atoms with Crippen LogP contribution >= 0.6 is 0 Å². The highest BCUT2D eigenvalue weighted by Gasteiger charge is 2.24. The summed E-state index contributed by atoms with van der Waals surface area (Å²) in [7, 11) is 0. The predicted molar refractivity (Wildman–Crippen MR) is 144 cm³/mol. The van der Waals surface area contributed by atoms with E-state index in [1.807, 2.05) is 18.2 Å². The summed E-state index contributed by atoms with van der Waals surface area (Å²) in [4.78, 5) is 24.8. The van der Waals surface area contributed by atoms with Crippen molar-refractivity contribution < 1.29 is 18.3 Å². The lowest BCUT2D eigenvalue weighted by Crippen LogP contribution is -2.42. The largest absolute Gasteiger partial charge is 0.475 e. The maximum Gasteiger partial charge on any atom is 0.321 e. The van der Waals surface area contributed by atoms with Gasteiger partial charge in [-0.3, -0.25) is 4.90 Å². The lowest BCUT2D eigenvalue weighted by Gasteiger charge is -2.31. The number of aromatic nitrogens is 2. The number of nitrogens with zero attached hydrogens (tertiary/aromatic N) is 4. The molecule has 8 nitrogen and oxygen atoms in total. The van der Waals surface area contributed by atoms with E-state index in [9.17, 15) is 13.6 Å². The van der Waals surface area contributed by atoms with E-state index in [-0.39, 0.29) is 30.4 Å². The molecule has 1 aliphatic rings. The first-order valence-corrected chi connectivity index (χ1v) is 13.0. The molecule has 0 bridgehead atoms. The Kier molecular flexibility index (Phi) is 9.42. The quantitative estimate of drug-likeness (QED) is 0.356. The van der Waals surface area contributed by atoms with Crippen molar-refractivity contribution in [1.29, 1.82) is 0 Å². The van der Waals surface area contributed by atoms with E-state index in [1.54, 1.807) is 17.0 Å². The summed E-state index contributed by atoms with van der Waals surface area (Å²) in [6.45, 7) is 8.38. The van der Waals surface area contributed by atoms with Crippen molar-refractivity contribution in [3.8, 4) is 5.88 Å². The number of hydrogen-bond acceptors (Lipinski definition) is 6. The number of nitrogens with one attached hydrogen (secondary N) is 2. The molecule has 1 aliphatic heterocycles. The van der Waals surface area contributed by atoms with E-state index in [1.165, 1.54) is 12.1 Å². The van der Waals surface area contributed by atoms with Crippen LogP contribution in [0.25, 0.3) is 0 Å². The van der Waals surface area contributed by atoms with Crippen molar-refractivity contribution >= 4 is 23.4 Å². The van der Waals surface area contributed by atoms with E-state index in [0.29, 0.717) is 31.6 Å². The predicted octanol–water partition coefficient (Wildman–Crippen LogP) is 5.66. The van der Waals surface area contributed by atoms with Crippen molar-refractivity contribution in [3.63, 3.8) is 0 Å². The second-order valence-corrected chi connectivity index (χ2v) is 9.32. The summed E-state index contributed by atoms with van der Waals surface area (Å²) in [6, 6.07) is 13.5. The Balaban J connectivity index is 1.28. The van der Waals surface area contributed by atoms with Gasteiger partial charge in [-0.05, 0) is 67.7 Å². The molecule has 3 aromatic rings. The van der Waals surface area contributed by atoms with Crippen LogP contribution in [0.4, 0.5) is 30.9 Å². The number of likely N-dealkylation sites (tertiary alicyclic amines) is 1. The Morgan fingerprint density at radius 1 is 1.08 bits per heavy atom. The zero-order chi connectivity index (χ0) is 26.9. The van der Waals surface area contributed by atoms with Crippen LogP contribution in [-0.4, -0.2) is 58.6 Å². The molecule has 2 aromatic carbocycles. The number of halogens is 2. The van der Waals surface area contributed by atoms with Crippen LogP contribution in [0.5, 0.6) is 5.88 Å². The highest BCUT2D eigenvalue weighted by atomic mass is 19.1. The van der Waals surface area contributed by atoms with E-state index < -0.39 is 11.6 Å². The Bertz CT molecular complexity index is 1220. The van der Waals surface area contributed by atoms with Crippen molar-refractivity contribution in [2.24, 2.45) is 5.92 Å². The van der Waals surface area contributed by atoms with Gasteiger partial charge in [0.05, 0.1) is 12.8 Å². The van der Waals surface area contributed by atoms with Gasteiger partial charge in [-0.1, -0.05) is 32.0 Å². The van der Waals surface area contributed by atoms with Gasteiger partial charge in [0.2, 0.25) is 11.8 Å². The number of carbonyl (C=O) groups is 1. The Morgan fingerprint density at radius 2 is 1.82 bits per heavy atom. The lowest BCUT2D eigenvalue weighted by molar-refractivity contribution is 0.148. The normalized spacial score (nSPS) is 14.0. The van der Waals surface area contributed by atoms with Gasteiger partial charge in [-0.15, -0.1) is 0 Å². The molecule has 10 heteroatoms. The topological polar surface area (TPSA) is 82.6 Å². The molecule has 1 saturated heterocycles. The highest BCUT2D eigenvalue weighted by Crippen LogP contribution is 2.23. The fourth-order valence-corrected chi connectivity index (χ4v) is 4.36. The fourth-order valence-electron chi connectivity index (χ4n) is 4.36. The molecule has 2 heterocycles. The van der Waals surface area contributed by atoms with Gasteiger partial charge in [0.25, 0.3) is 5.88 Å². The monoisotopic (exact) mass is 524 g/mol. The van der Waals surface area contributed by atoms with Gasteiger partial charge in [0, 0.05) is 31.0 Å². The molecule has 0 atom stereocenters. The summed E-state index contributed by atoms with van der Waals surface area (Å²) in [6.07, 6.45) is 2.51. The van der Waals surface area contributed by atoms with Gasteiger partial charge in [0.15, 0.2) is 0 Å². The zero-order valence-corrected chi connectivity index (χ0v) is 21.8. The molecular weight excluding hydrogens is 490 g/mol. The van der Waals surface area contributed by atoms with Crippen LogP contribution in [0.3, 0.4) is 0 Å². The minimum Gasteiger partial charge on any atom is -0.475 e. The van der Waals surface area contributed by atoms with Crippen molar-refractivity contribution in [2.75, 3.05) is 43.4 Å². The molecule has 202 valence electrons. The molecular formula is C28H34F2N6O2. The molecule has 1 aromatic heterocycles. The van der Waals surface area contributed by atoms with Crippen molar-refractivity contribution in [1.82, 2.24) is 19.8 Å². The van der Waals surface area contributed by atoms with Crippen LogP contribution in [0.2, 0.25) is 0 Å². The molecule has 38 heavy (non-hydrogen) atoms. The summed E-state index contributed by atoms with van der Waals surface area (Å²) in [5.41, 5.74) is 2.39. The number of rotatable bonds is 10. The third-order valence-corrected chi connectivity index (χ3v) is 6.63. The Morgan fingerprint density at radius 3 is 2.55 bits per heavy atom. The summed E-state index contributed by atoms with van der Waals surface area (Å²) >= 11 is 0. The van der Waals surface area contributed by atoms with Crippen molar-refractivity contribution in [3.05, 3.63) is 71.9 Å². The van der Waals surface area contributed by atoms with E-state index in [0.717, 1.165) is 37.1 Å². The molecule has 0 aliphatic carbocycles. The van der Waals surface area contributed by atoms with E-state index in [4.69, 9.17) is 4.74 Å². The number of amides is 2. The van der Waals surface area contributed by atoms with Gasteiger partial charge in [-0.25, -0.2) is 14.2 Å². The Hall–Kier alpha value is -3.79. The molecule has 0 saturated carbocycles. The zero-order valence-electron chi connectivity index (χ0n) is 21.8. The third kappa shape index (κ3) is 7.61.